The van der Waals surface area contributed by atoms with E-state index in [-0.39, 0.29) is 5.91 Å². The molecule has 4 heterocycles. The van der Waals surface area contributed by atoms with Crippen molar-refractivity contribution in [2.75, 3.05) is 26.2 Å². The lowest BCUT2D eigenvalue weighted by Crippen LogP contribution is -2.32. The van der Waals surface area contributed by atoms with Crippen molar-refractivity contribution in [3.05, 3.63) is 30.3 Å². The average Bonchev–Trinajstić information content (AvgIpc) is 3.26. The van der Waals surface area contributed by atoms with Crippen LogP contribution in [0, 0.1) is 11.8 Å². The van der Waals surface area contributed by atoms with Gasteiger partial charge in [0.05, 0.1) is 0 Å². The van der Waals surface area contributed by atoms with Crippen LogP contribution in [0.1, 0.15) is 25.2 Å². The zero-order chi connectivity index (χ0) is 17.1. The number of amides is 1. The van der Waals surface area contributed by atoms with Crippen LogP contribution in [0.5, 0.6) is 0 Å². The van der Waals surface area contributed by atoms with Crippen LogP contribution >= 0.6 is 0 Å². The van der Waals surface area contributed by atoms with Crippen LogP contribution in [0.2, 0.25) is 0 Å². The molecule has 0 aliphatic carbocycles. The summed E-state index contributed by atoms with van der Waals surface area (Å²) in [5.41, 5.74) is 0.677. The van der Waals surface area contributed by atoms with E-state index in [1.54, 1.807) is 6.20 Å². The minimum Gasteiger partial charge on any atom is -0.343 e. The molecule has 0 bridgehead atoms. The number of pyridine rings is 1. The number of hydrogen-bond donors (Lipinski definition) is 1. The molecule has 2 fully saturated rings. The molecule has 2 aromatic rings. The van der Waals surface area contributed by atoms with E-state index < -0.39 is 0 Å². The Morgan fingerprint density at radius 2 is 2.04 bits per heavy atom. The topological polar surface area (TPSA) is 84.1 Å². The Bertz CT molecular complexity index is 703. The fourth-order valence-electron chi connectivity index (χ4n) is 3.79. The molecule has 2 aliphatic heterocycles. The quantitative estimate of drug-likeness (QED) is 0.908. The molecule has 7 heteroatoms. The SMILES string of the molecule is O=C(CCc1nc(-c2ccccn2)no1)N1CC[C@@H]2CNC[C@@H]2CC1. The zero-order valence-electron chi connectivity index (χ0n) is 14.2. The highest BCUT2D eigenvalue weighted by Crippen LogP contribution is 2.27. The summed E-state index contributed by atoms with van der Waals surface area (Å²) < 4.78 is 5.26. The smallest absolute Gasteiger partial charge is 0.227 e. The second kappa shape index (κ2) is 7.31. The van der Waals surface area contributed by atoms with E-state index in [1.165, 1.54) is 0 Å². The van der Waals surface area contributed by atoms with Crippen LogP contribution in [0.3, 0.4) is 0 Å². The molecule has 25 heavy (non-hydrogen) atoms. The lowest BCUT2D eigenvalue weighted by atomic mass is 9.92. The standard InChI is InChI=1S/C18H23N5O2/c24-17(23-9-6-13-11-19-12-14(13)7-10-23)5-4-16-21-18(22-25-16)15-3-1-2-8-20-15/h1-3,8,13-14,19H,4-7,9-12H2/t13-,14+. The Morgan fingerprint density at radius 3 is 2.76 bits per heavy atom. The van der Waals surface area contributed by atoms with Gasteiger partial charge in [-0.1, -0.05) is 11.2 Å². The van der Waals surface area contributed by atoms with Gasteiger partial charge in [-0.2, -0.15) is 4.98 Å². The summed E-state index contributed by atoms with van der Waals surface area (Å²) in [7, 11) is 0. The maximum Gasteiger partial charge on any atom is 0.227 e. The summed E-state index contributed by atoms with van der Waals surface area (Å²) >= 11 is 0. The van der Waals surface area contributed by atoms with Crippen LogP contribution < -0.4 is 5.32 Å². The number of rotatable bonds is 4. The van der Waals surface area contributed by atoms with Crippen LogP contribution in [-0.4, -0.2) is 52.1 Å². The Hall–Kier alpha value is -2.28. The van der Waals surface area contributed by atoms with Gasteiger partial charge in [0.2, 0.25) is 17.6 Å². The minimum atomic E-state index is 0.186. The summed E-state index contributed by atoms with van der Waals surface area (Å²) in [4.78, 5) is 23.1. The first-order valence-corrected chi connectivity index (χ1v) is 9.02. The molecular weight excluding hydrogens is 318 g/mol. The highest BCUT2D eigenvalue weighted by Gasteiger charge is 2.31. The first-order valence-electron chi connectivity index (χ1n) is 9.02. The Labute approximate surface area is 146 Å². The van der Waals surface area contributed by atoms with Crippen LogP contribution in [-0.2, 0) is 11.2 Å². The summed E-state index contributed by atoms with van der Waals surface area (Å²) in [5.74, 6) is 2.61. The van der Waals surface area contributed by atoms with Crippen molar-refractivity contribution < 1.29 is 9.32 Å². The van der Waals surface area contributed by atoms with Crippen molar-refractivity contribution in [2.45, 2.75) is 25.7 Å². The van der Waals surface area contributed by atoms with E-state index in [1.807, 2.05) is 23.1 Å². The first-order chi connectivity index (χ1) is 12.3. The van der Waals surface area contributed by atoms with Gasteiger partial charge in [-0.3, -0.25) is 9.78 Å². The molecule has 0 radical (unpaired) electrons. The molecule has 2 aliphatic rings. The van der Waals surface area contributed by atoms with Crippen molar-refractivity contribution in [1.82, 2.24) is 25.3 Å². The van der Waals surface area contributed by atoms with Crippen molar-refractivity contribution in [1.29, 1.82) is 0 Å². The molecule has 2 atom stereocenters. The molecular formula is C18H23N5O2. The van der Waals surface area contributed by atoms with Gasteiger partial charge in [0.25, 0.3) is 0 Å². The van der Waals surface area contributed by atoms with Gasteiger partial charge >= 0.3 is 0 Å². The summed E-state index contributed by atoms with van der Waals surface area (Å²) in [6.45, 7) is 3.94. The third-order valence-corrected chi connectivity index (χ3v) is 5.29. The fraction of sp³-hybridized carbons (Fsp3) is 0.556. The Balaban J connectivity index is 1.31. The highest BCUT2D eigenvalue weighted by molar-refractivity contribution is 5.76. The monoisotopic (exact) mass is 341 g/mol. The number of aromatic nitrogens is 3. The van der Waals surface area contributed by atoms with Gasteiger partial charge in [-0.05, 0) is 49.9 Å². The third-order valence-electron chi connectivity index (χ3n) is 5.29. The molecule has 0 unspecified atom stereocenters. The molecule has 0 saturated carbocycles. The van der Waals surface area contributed by atoms with E-state index in [2.05, 4.69) is 20.4 Å². The number of aryl methyl sites for hydroxylation is 1. The number of carbonyl (C=O) groups excluding carboxylic acids is 1. The van der Waals surface area contributed by atoms with Gasteiger partial charge in [0.1, 0.15) is 5.69 Å². The average molecular weight is 341 g/mol. The number of hydrogen-bond acceptors (Lipinski definition) is 6. The van der Waals surface area contributed by atoms with E-state index >= 15 is 0 Å². The zero-order valence-corrected chi connectivity index (χ0v) is 14.2. The van der Waals surface area contributed by atoms with E-state index in [0.29, 0.717) is 30.3 Å². The highest BCUT2D eigenvalue weighted by atomic mass is 16.5. The van der Waals surface area contributed by atoms with Crippen molar-refractivity contribution in [2.24, 2.45) is 11.8 Å². The van der Waals surface area contributed by atoms with Crippen LogP contribution in [0.15, 0.2) is 28.9 Å². The summed E-state index contributed by atoms with van der Waals surface area (Å²) in [5, 5.41) is 7.41. The maximum absolute atomic E-state index is 12.5. The van der Waals surface area contributed by atoms with Crippen molar-refractivity contribution >= 4 is 5.91 Å². The Kier molecular flexibility index (Phi) is 4.74. The molecule has 1 N–H and O–H groups in total. The first kappa shape index (κ1) is 16.2. The Morgan fingerprint density at radius 1 is 1.24 bits per heavy atom. The lowest BCUT2D eigenvalue weighted by Gasteiger charge is -2.20. The van der Waals surface area contributed by atoms with E-state index in [9.17, 15) is 4.79 Å². The van der Waals surface area contributed by atoms with E-state index in [0.717, 1.165) is 50.9 Å². The molecule has 7 nitrogen and oxygen atoms in total. The number of fused-ring (bicyclic) bond motifs is 1. The van der Waals surface area contributed by atoms with Gasteiger partial charge in [0, 0.05) is 32.1 Å². The molecule has 0 aromatic carbocycles. The number of nitrogens with one attached hydrogen (secondary N) is 1. The van der Waals surface area contributed by atoms with Gasteiger partial charge < -0.3 is 14.7 Å². The minimum absolute atomic E-state index is 0.186. The number of likely N-dealkylation sites (tertiary alicyclic amines) is 1. The molecule has 1 amide bonds. The lowest BCUT2D eigenvalue weighted by molar-refractivity contribution is -0.131. The number of carbonyl (C=O) groups is 1. The summed E-state index contributed by atoms with van der Waals surface area (Å²) in [6.07, 6.45) is 4.79. The van der Waals surface area contributed by atoms with Crippen molar-refractivity contribution in [3.8, 4) is 11.5 Å². The largest absolute Gasteiger partial charge is 0.343 e. The summed E-state index contributed by atoms with van der Waals surface area (Å²) in [6, 6.07) is 5.56. The molecule has 2 aromatic heterocycles. The van der Waals surface area contributed by atoms with Gasteiger partial charge in [-0.25, -0.2) is 0 Å². The third kappa shape index (κ3) is 3.71. The van der Waals surface area contributed by atoms with Crippen LogP contribution in [0.25, 0.3) is 11.5 Å². The second-order valence-electron chi connectivity index (χ2n) is 6.86. The van der Waals surface area contributed by atoms with E-state index in [4.69, 9.17) is 4.52 Å². The molecule has 132 valence electrons. The maximum atomic E-state index is 12.5. The second-order valence-corrected chi connectivity index (χ2v) is 6.86. The van der Waals surface area contributed by atoms with Gasteiger partial charge in [-0.15, -0.1) is 0 Å². The molecule has 0 spiro atoms. The van der Waals surface area contributed by atoms with Gasteiger partial charge in [0.15, 0.2) is 0 Å². The van der Waals surface area contributed by atoms with Crippen molar-refractivity contribution in [3.63, 3.8) is 0 Å². The predicted octanol–water partition coefficient (Wildman–Crippen LogP) is 1.52. The normalized spacial score (nSPS) is 23.3. The fourth-order valence-corrected chi connectivity index (χ4v) is 3.79. The predicted molar refractivity (Wildman–Crippen MR) is 91.5 cm³/mol. The molecule has 2 saturated heterocycles. The number of nitrogens with zero attached hydrogens (tertiary/aromatic N) is 4. The van der Waals surface area contributed by atoms with Crippen LogP contribution in [0.4, 0.5) is 0 Å². The molecule has 4 rings (SSSR count).